The number of carbonyl (C=O) groups is 2. The Balaban J connectivity index is 2.10. The van der Waals surface area contributed by atoms with E-state index in [1.165, 1.54) is 0 Å². The molecule has 21 heavy (non-hydrogen) atoms. The molecule has 1 saturated carbocycles. The highest BCUT2D eigenvalue weighted by molar-refractivity contribution is 5.85. The van der Waals surface area contributed by atoms with Gasteiger partial charge in [0.15, 0.2) is 0 Å². The molecule has 2 aliphatic rings. The van der Waals surface area contributed by atoms with Crippen molar-refractivity contribution in [3.05, 3.63) is 0 Å². The van der Waals surface area contributed by atoms with Crippen molar-refractivity contribution in [1.82, 2.24) is 10.6 Å². The summed E-state index contributed by atoms with van der Waals surface area (Å²) in [4.78, 5) is 24.3. The summed E-state index contributed by atoms with van der Waals surface area (Å²) in [7, 11) is 1.61. The summed E-state index contributed by atoms with van der Waals surface area (Å²) >= 11 is 0. The zero-order valence-electron chi connectivity index (χ0n) is 12.9. The van der Waals surface area contributed by atoms with Gasteiger partial charge in [-0.1, -0.05) is 6.42 Å². The standard InChI is InChI=1S/C15H26N2O4/c1-14(13(19)20)5-3-4-11(14)17-12(18)15(10-21-2)6-8-16-9-7-15/h11,16H,3-10H2,1-2H3,(H,17,18)(H,19,20). The topological polar surface area (TPSA) is 87.7 Å². The van der Waals surface area contributed by atoms with Crippen LogP contribution in [0.25, 0.3) is 0 Å². The molecule has 3 N–H and O–H groups in total. The molecule has 0 radical (unpaired) electrons. The van der Waals surface area contributed by atoms with Gasteiger partial charge in [-0.15, -0.1) is 0 Å². The number of ether oxygens (including phenoxy) is 1. The molecular formula is C15H26N2O4. The average Bonchev–Trinajstić information content (AvgIpc) is 2.83. The molecule has 2 unspecified atom stereocenters. The lowest BCUT2D eigenvalue weighted by molar-refractivity contribution is -0.150. The number of nitrogens with one attached hydrogen (secondary N) is 2. The predicted molar refractivity (Wildman–Crippen MR) is 77.9 cm³/mol. The number of carboxylic acid groups (broad SMARTS) is 1. The van der Waals surface area contributed by atoms with Crippen LogP contribution in [0.15, 0.2) is 0 Å². The third-order valence-corrected chi connectivity index (χ3v) is 5.21. The third kappa shape index (κ3) is 3.06. The number of hydrogen-bond donors (Lipinski definition) is 3. The molecule has 1 aliphatic heterocycles. The van der Waals surface area contributed by atoms with E-state index in [9.17, 15) is 14.7 Å². The van der Waals surface area contributed by atoms with Gasteiger partial charge < -0.3 is 20.5 Å². The smallest absolute Gasteiger partial charge is 0.311 e. The van der Waals surface area contributed by atoms with E-state index in [0.29, 0.717) is 13.0 Å². The Hall–Kier alpha value is -1.14. The largest absolute Gasteiger partial charge is 0.481 e. The summed E-state index contributed by atoms with van der Waals surface area (Å²) in [5.41, 5.74) is -1.38. The van der Waals surface area contributed by atoms with E-state index in [-0.39, 0.29) is 11.9 Å². The summed E-state index contributed by atoms with van der Waals surface area (Å²) < 4.78 is 5.26. The number of amides is 1. The van der Waals surface area contributed by atoms with Crippen LogP contribution in [-0.4, -0.2) is 49.8 Å². The van der Waals surface area contributed by atoms with E-state index in [4.69, 9.17) is 4.74 Å². The number of hydrogen-bond acceptors (Lipinski definition) is 4. The first-order chi connectivity index (χ1) is 9.94. The van der Waals surface area contributed by atoms with Crippen LogP contribution in [-0.2, 0) is 14.3 Å². The number of carboxylic acids is 1. The molecule has 6 heteroatoms. The van der Waals surface area contributed by atoms with Crippen molar-refractivity contribution < 1.29 is 19.4 Å². The van der Waals surface area contributed by atoms with Crippen LogP contribution in [0.1, 0.15) is 39.0 Å². The van der Waals surface area contributed by atoms with E-state index in [1.54, 1.807) is 14.0 Å². The first-order valence-corrected chi connectivity index (χ1v) is 7.69. The molecule has 120 valence electrons. The Bertz CT molecular complexity index is 401. The zero-order chi connectivity index (χ0) is 15.5. The van der Waals surface area contributed by atoms with Crippen molar-refractivity contribution in [3.8, 4) is 0 Å². The molecule has 0 spiro atoms. The Kier molecular flexibility index (Phi) is 4.88. The summed E-state index contributed by atoms with van der Waals surface area (Å²) in [6, 6.07) is -0.286. The summed E-state index contributed by atoms with van der Waals surface area (Å²) in [6.45, 7) is 3.70. The van der Waals surface area contributed by atoms with Crippen LogP contribution in [0.5, 0.6) is 0 Å². The van der Waals surface area contributed by atoms with Gasteiger partial charge in [0.25, 0.3) is 0 Å². The lowest BCUT2D eigenvalue weighted by Crippen LogP contribution is -2.55. The number of aliphatic carboxylic acids is 1. The molecule has 1 amide bonds. The molecule has 0 aromatic rings. The van der Waals surface area contributed by atoms with E-state index >= 15 is 0 Å². The zero-order valence-corrected chi connectivity index (χ0v) is 12.9. The minimum absolute atomic E-state index is 0.0507. The van der Waals surface area contributed by atoms with Gasteiger partial charge in [0.1, 0.15) is 0 Å². The number of piperidine rings is 1. The Morgan fingerprint density at radius 1 is 1.33 bits per heavy atom. The highest BCUT2D eigenvalue weighted by Crippen LogP contribution is 2.39. The van der Waals surface area contributed by atoms with Gasteiger partial charge in [-0.25, -0.2) is 0 Å². The first-order valence-electron chi connectivity index (χ1n) is 7.69. The molecule has 0 aromatic carbocycles. The van der Waals surface area contributed by atoms with Gasteiger partial charge in [0.05, 0.1) is 17.4 Å². The molecular weight excluding hydrogens is 272 g/mol. The monoisotopic (exact) mass is 298 g/mol. The highest BCUT2D eigenvalue weighted by atomic mass is 16.5. The first kappa shape index (κ1) is 16.2. The minimum atomic E-state index is -0.850. The van der Waals surface area contributed by atoms with Crippen molar-refractivity contribution in [3.63, 3.8) is 0 Å². The number of rotatable bonds is 5. The predicted octanol–water partition coefficient (Wildman–Crippen LogP) is 0.762. The lowest BCUT2D eigenvalue weighted by atomic mass is 9.77. The van der Waals surface area contributed by atoms with Gasteiger partial charge >= 0.3 is 5.97 Å². The van der Waals surface area contributed by atoms with Crippen molar-refractivity contribution in [2.24, 2.45) is 10.8 Å². The minimum Gasteiger partial charge on any atom is -0.481 e. The van der Waals surface area contributed by atoms with Crippen molar-refractivity contribution in [2.75, 3.05) is 26.8 Å². The maximum Gasteiger partial charge on any atom is 0.311 e. The second-order valence-corrected chi connectivity index (χ2v) is 6.60. The quantitative estimate of drug-likeness (QED) is 0.697. The molecule has 0 bridgehead atoms. The van der Waals surface area contributed by atoms with Crippen molar-refractivity contribution >= 4 is 11.9 Å². The third-order valence-electron chi connectivity index (χ3n) is 5.21. The van der Waals surface area contributed by atoms with Crippen LogP contribution >= 0.6 is 0 Å². The molecule has 1 aliphatic carbocycles. The maximum absolute atomic E-state index is 12.8. The fraction of sp³-hybridized carbons (Fsp3) is 0.867. The summed E-state index contributed by atoms with van der Waals surface area (Å²) in [6.07, 6.45) is 3.64. The molecule has 2 fully saturated rings. The summed E-state index contributed by atoms with van der Waals surface area (Å²) in [5, 5.41) is 15.7. The molecule has 0 aromatic heterocycles. The molecule has 1 saturated heterocycles. The van der Waals surface area contributed by atoms with Gasteiger partial charge in [-0.3, -0.25) is 9.59 Å². The van der Waals surface area contributed by atoms with Crippen molar-refractivity contribution in [2.45, 2.75) is 45.1 Å². The Morgan fingerprint density at radius 3 is 2.57 bits per heavy atom. The van der Waals surface area contributed by atoms with Crippen LogP contribution in [0.4, 0.5) is 0 Å². The fourth-order valence-electron chi connectivity index (χ4n) is 3.58. The SMILES string of the molecule is COCC1(C(=O)NC2CCCC2(C)C(=O)O)CCNCC1. The molecule has 2 rings (SSSR count). The molecule has 1 heterocycles. The van der Waals surface area contributed by atoms with Gasteiger partial charge in [-0.05, 0) is 45.7 Å². The van der Waals surface area contributed by atoms with Crippen LogP contribution in [0.2, 0.25) is 0 Å². The lowest BCUT2D eigenvalue weighted by Gasteiger charge is -2.38. The van der Waals surface area contributed by atoms with E-state index in [2.05, 4.69) is 10.6 Å². The number of carbonyl (C=O) groups excluding carboxylic acids is 1. The van der Waals surface area contributed by atoms with Crippen molar-refractivity contribution in [1.29, 1.82) is 0 Å². The highest BCUT2D eigenvalue weighted by Gasteiger charge is 2.48. The van der Waals surface area contributed by atoms with Crippen LogP contribution < -0.4 is 10.6 Å². The fourth-order valence-corrected chi connectivity index (χ4v) is 3.58. The van der Waals surface area contributed by atoms with Gasteiger partial charge in [0, 0.05) is 13.2 Å². The van der Waals surface area contributed by atoms with Gasteiger partial charge in [-0.2, -0.15) is 0 Å². The van der Waals surface area contributed by atoms with E-state index in [0.717, 1.165) is 38.8 Å². The van der Waals surface area contributed by atoms with E-state index < -0.39 is 16.8 Å². The second kappa shape index (κ2) is 6.32. The second-order valence-electron chi connectivity index (χ2n) is 6.60. The Labute approximate surface area is 125 Å². The molecule has 6 nitrogen and oxygen atoms in total. The summed E-state index contributed by atoms with van der Waals surface area (Å²) in [5.74, 6) is -0.873. The molecule has 2 atom stereocenters. The van der Waals surface area contributed by atoms with Crippen LogP contribution in [0, 0.1) is 10.8 Å². The Morgan fingerprint density at radius 2 is 2.00 bits per heavy atom. The van der Waals surface area contributed by atoms with Gasteiger partial charge in [0.2, 0.25) is 5.91 Å². The van der Waals surface area contributed by atoms with E-state index in [1.807, 2.05) is 0 Å². The van der Waals surface area contributed by atoms with Crippen LogP contribution in [0.3, 0.4) is 0 Å². The normalized spacial score (nSPS) is 31.8. The number of methoxy groups -OCH3 is 1. The maximum atomic E-state index is 12.8. The average molecular weight is 298 g/mol.